The van der Waals surface area contributed by atoms with Gasteiger partial charge in [0.05, 0.1) is 6.54 Å². The largest absolute Gasteiger partial charge is 0.248 e. The Morgan fingerprint density at radius 2 is 2.46 bits per heavy atom. The van der Waals surface area contributed by atoms with Crippen molar-refractivity contribution in [3.8, 4) is 11.8 Å². The summed E-state index contributed by atoms with van der Waals surface area (Å²) in [4.78, 5) is 6.57. The molecule has 0 atom stereocenters. The van der Waals surface area contributed by atoms with Crippen LogP contribution in [0.25, 0.3) is 10.4 Å². The monoisotopic (exact) mass is 236 g/mol. The van der Waals surface area contributed by atoms with Crippen LogP contribution < -0.4 is 0 Å². The van der Waals surface area contributed by atoms with Gasteiger partial charge in [0.15, 0.2) is 0 Å². The first-order valence-electron chi connectivity index (χ1n) is 3.44. The summed E-state index contributed by atoms with van der Waals surface area (Å²) < 4.78 is 0.771. The van der Waals surface area contributed by atoms with Crippen molar-refractivity contribution in [3.63, 3.8) is 0 Å². The molecule has 1 aromatic rings. The number of halogens is 1. The molecule has 0 aliphatic heterocycles. The lowest BCUT2D eigenvalue weighted by atomic mass is 10.3. The second-order valence-corrected chi connectivity index (χ2v) is 2.87. The summed E-state index contributed by atoms with van der Waals surface area (Å²) in [6, 6.07) is 3.64. The van der Waals surface area contributed by atoms with Crippen LogP contribution in [0.3, 0.4) is 0 Å². The predicted octanol–water partition coefficient (Wildman–Crippen LogP) is 2.51. The lowest BCUT2D eigenvalue weighted by Gasteiger charge is -1.88. The van der Waals surface area contributed by atoms with Crippen LogP contribution in [0, 0.1) is 11.8 Å². The van der Waals surface area contributed by atoms with E-state index in [0.29, 0.717) is 0 Å². The van der Waals surface area contributed by atoms with E-state index in [1.807, 2.05) is 6.07 Å². The van der Waals surface area contributed by atoms with Crippen LogP contribution in [-0.2, 0) is 0 Å². The molecule has 0 saturated heterocycles. The van der Waals surface area contributed by atoms with Crippen molar-refractivity contribution < 1.29 is 0 Å². The zero-order chi connectivity index (χ0) is 9.52. The maximum atomic E-state index is 7.97. The summed E-state index contributed by atoms with van der Waals surface area (Å²) >= 11 is 3.21. The van der Waals surface area contributed by atoms with Gasteiger partial charge < -0.3 is 0 Å². The highest BCUT2D eigenvalue weighted by Gasteiger charge is 1.86. The molecule has 0 aliphatic rings. The fraction of sp³-hybridized carbons (Fsp3) is 0.125. The van der Waals surface area contributed by atoms with Crippen molar-refractivity contribution in [1.29, 1.82) is 0 Å². The summed E-state index contributed by atoms with van der Waals surface area (Å²) in [6.07, 6.45) is 1.65. The minimum atomic E-state index is 0.187. The quantitative estimate of drug-likeness (QED) is 0.243. The third kappa shape index (κ3) is 3.61. The van der Waals surface area contributed by atoms with Gasteiger partial charge in [-0.05, 0) is 33.6 Å². The molecule has 0 bridgehead atoms. The van der Waals surface area contributed by atoms with Gasteiger partial charge in [-0.15, -0.1) is 0 Å². The molecule has 64 valence electrons. The SMILES string of the molecule is [N-]=[N+]=NCC#Cc1ccc(Br)nc1. The fourth-order valence-corrected chi connectivity index (χ4v) is 0.893. The molecule has 1 heterocycles. The molecule has 0 radical (unpaired) electrons. The van der Waals surface area contributed by atoms with E-state index >= 15 is 0 Å². The maximum absolute atomic E-state index is 7.97. The van der Waals surface area contributed by atoms with Crippen LogP contribution in [0.1, 0.15) is 5.56 Å². The Kier molecular flexibility index (Phi) is 3.83. The molecule has 0 saturated carbocycles. The van der Waals surface area contributed by atoms with Crippen molar-refractivity contribution >= 4 is 15.9 Å². The van der Waals surface area contributed by atoms with E-state index in [0.717, 1.165) is 10.2 Å². The Bertz CT molecular complexity index is 381. The molecule has 0 spiro atoms. The summed E-state index contributed by atoms with van der Waals surface area (Å²) in [5.41, 5.74) is 8.77. The van der Waals surface area contributed by atoms with E-state index in [4.69, 9.17) is 5.53 Å². The van der Waals surface area contributed by atoms with Gasteiger partial charge in [-0.1, -0.05) is 17.0 Å². The minimum Gasteiger partial charge on any atom is -0.248 e. The van der Waals surface area contributed by atoms with Crippen molar-refractivity contribution in [3.05, 3.63) is 38.9 Å². The standard InChI is InChI=1S/C8H5BrN4/c9-8-4-3-7(6-11-8)2-1-5-12-13-10/h3-4,6H,5H2. The van der Waals surface area contributed by atoms with E-state index in [1.165, 1.54) is 0 Å². The third-order valence-electron chi connectivity index (χ3n) is 1.17. The molecule has 0 N–H and O–H groups in total. The van der Waals surface area contributed by atoms with Gasteiger partial charge in [-0.25, -0.2) is 4.98 Å². The first-order chi connectivity index (χ1) is 6.33. The topological polar surface area (TPSA) is 61.7 Å². The molecule has 0 unspecified atom stereocenters. The Morgan fingerprint density at radius 1 is 1.62 bits per heavy atom. The van der Waals surface area contributed by atoms with Crippen LogP contribution in [0.4, 0.5) is 0 Å². The summed E-state index contributed by atoms with van der Waals surface area (Å²) in [7, 11) is 0. The average Bonchev–Trinajstić information content (AvgIpc) is 2.15. The van der Waals surface area contributed by atoms with Gasteiger partial charge in [0.2, 0.25) is 0 Å². The molecule has 0 aliphatic carbocycles. The number of aromatic nitrogens is 1. The molecule has 13 heavy (non-hydrogen) atoms. The van der Waals surface area contributed by atoms with Crippen LogP contribution in [0.5, 0.6) is 0 Å². The smallest absolute Gasteiger partial charge is 0.106 e. The zero-order valence-electron chi connectivity index (χ0n) is 6.61. The highest BCUT2D eigenvalue weighted by Crippen LogP contribution is 2.04. The number of azide groups is 1. The lowest BCUT2D eigenvalue weighted by molar-refractivity contribution is 1.24. The molecule has 0 fully saturated rings. The number of pyridine rings is 1. The van der Waals surface area contributed by atoms with E-state index in [-0.39, 0.29) is 6.54 Å². The fourth-order valence-electron chi connectivity index (χ4n) is 0.658. The lowest BCUT2D eigenvalue weighted by Crippen LogP contribution is -1.78. The highest BCUT2D eigenvalue weighted by molar-refractivity contribution is 9.10. The van der Waals surface area contributed by atoms with Crippen molar-refractivity contribution in [2.24, 2.45) is 5.11 Å². The van der Waals surface area contributed by atoms with Gasteiger partial charge >= 0.3 is 0 Å². The molecule has 1 rings (SSSR count). The Morgan fingerprint density at radius 3 is 3.08 bits per heavy atom. The van der Waals surface area contributed by atoms with Crippen LogP contribution in [-0.4, -0.2) is 11.5 Å². The first kappa shape index (κ1) is 9.59. The Balaban J connectivity index is 2.66. The highest BCUT2D eigenvalue weighted by atomic mass is 79.9. The minimum absolute atomic E-state index is 0.187. The van der Waals surface area contributed by atoms with Gasteiger partial charge in [-0.2, -0.15) is 0 Å². The van der Waals surface area contributed by atoms with E-state index in [1.54, 1.807) is 12.3 Å². The molecule has 4 nitrogen and oxygen atoms in total. The summed E-state index contributed by atoms with van der Waals surface area (Å²) in [5.74, 6) is 5.50. The number of nitrogens with zero attached hydrogens (tertiary/aromatic N) is 4. The molecule has 5 heteroatoms. The number of hydrogen-bond acceptors (Lipinski definition) is 2. The molecule has 1 aromatic heterocycles. The van der Waals surface area contributed by atoms with Gasteiger partial charge in [-0.3, -0.25) is 0 Å². The zero-order valence-corrected chi connectivity index (χ0v) is 8.19. The normalized spacial score (nSPS) is 8.08. The Labute approximate surface area is 83.7 Å². The molecule has 0 amide bonds. The van der Waals surface area contributed by atoms with E-state index < -0.39 is 0 Å². The van der Waals surface area contributed by atoms with E-state index in [2.05, 4.69) is 42.8 Å². The summed E-state index contributed by atoms with van der Waals surface area (Å²) in [6.45, 7) is 0.187. The average molecular weight is 237 g/mol. The van der Waals surface area contributed by atoms with Crippen molar-refractivity contribution in [1.82, 2.24) is 4.98 Å². The van der Waals surface area contributed by atoms with Gasteiger partial charge in [0.25, 0.3) is 0 Å². The molecular formula is C8H5BrN4. The number of hydrogen-bond donors (Lipinski definition) is 0. The number of rotatable bonds is 1. The second-order valence-electron chi connectivity index (χ2n) is 2.06. The molecular weight excluding hydrogens is 232 g/mol. The van der Waals surface area contributed by atoms with Crippen molar-refractivity contribution in [2.45, 2.75) is 0 Å². The van der Waals surface area contributed by atoms with Crippen LogP contribution in [0.15, 0.2) is 28.0 Å². The second kappa shape index (κ2) is 5.20. The van der Waals surface area contributed by atoms with Crippen LogP contribution >= 0.6 is 15.9 Å². The van der Waals surface area contributed by atoms with Crippen LogP contribution in [0.2, 0.25) is 0 Å². The van der Waals surface area contributed by atoms with Crippen molar-refractivity contribution in [2.75, 3.05) is 6.54 Å². The van der Waals surface area contributed by atoms with E-state index in [9.17, 15) is 0 Å². The third-order valence-corrected chi connectivity index (χ3v) is 1.64. The summed E-state index contributed by atoms with van der Waals surface area (Å²) in [5, 5.41) is 3.28. The Hall–Kier alpha value is -1.50. The first-order valence-corrected chi connectivity index (χ1v) is 4.23. The van der Waals surface area contributed by atoms with Gasteiger partial charge in [0.1, 0.15) is 4.60 Å². The maximum Gasteiger partial charge on any atom is 0.106 e. The molecule has 0 aromatic carbocycles. The van der Waals surface area contributed by atoms with Gasteiger partial charge in [0, 0.05) is 16.7 Å². The predicted molar refractivity (Wildman–Crippen MR) is 52.8 cm³/mol.